The summed E-state index contributed by atoms with van der Waals surface area (Å²) in [4.78, 5) is 11.8. The van der Waals surface area contributed by atoms with Crippen LogP contribution in [-0.2, 0) is 14.3 Å². The van der Waals surface area contributed by atoms with Crippen LogP contribution in [0.25, 0.3) is 0 Å². The Hall–Kier alpha value is -0.720. The van der Waals surface area contributed by atoms with Gasteiger partial charge in [0.2, 0.25) is 0 Å². The first-order chi connectivity index (χ1) is 6.70. The largest absolute Gasteiger partial charge is 0.393 e. The smallest absolute Gasteiger partial charge is 0.251 e. The SMILES string of the molecule is NC(=S)CCNC(=O)C1COCCO1. The first-order valence-corrected chi connectivity index (χ1v) is 4.86. The molecule has 0 aliphatic carbocycles. The molecule has 1 amide bonds. The molecule has 1 saturated heterocycles. The van der Waals surface area contributed by atoms with Crippen molar-refractivity contribution in [3.63, 3.8) is 0 Å². The molecule has 1 rings (SSSR count). The molecule has 80 valence electrons. The molecule has 5 nitrogen and oxygen atoms in total. The van der Waals surface area contributed by atoms with Gasteiger partial charge in [-0.15, -0.1) is 0 Å². The minimum absolute atomic E-state index is 0.166. The molecule has 6 heteroatoms. The first kappa shape index (κ1) is 11.4. The van der Waals surface area contributed by atoms with Crippen LogP contribution >= 0.6 is 12.2 Å². The number of thiocarbonyl (C=S) groups is 1. The molecule has 1 fully saturated rings. The summed E-state index contributed by atoms with van der Waals surface area (Å²) in [5, 5.41) is 2.67. The fourth-order valence-corrected chi connectivity index (χ4v) is 1.16. The van der Waals surface area contributed by atoms with Crippen molar-refractivity contribution in [1.29, 1.82) is 0 Å². The Morgan fingerprint density at radius 2 is 2.36 bits per heavy atom. The van der Waals surface area contributed by atoms with E-state index in [9.17, 15) is 4.79 Å². The van der Waals surface area contributed by atoms with Crippen molar-refractivity contribution in [3.05, 3.63) is 0 Å². The Morgan fingerprint density at radius 3 is 2.93 bits per heavy atom. The lowest BCUT2D eigenvalue weighted by Gasteiger charge is -2.21. The summed E-state index contributed by atoms with van der Waals surface area (Å²) >= 11 is 4.67. The number of hydrogen-bond donors (Lipinski definition) is 2. The molecule has 0 radical (unpaired) electrons. The minimum Gasteiger partial charge on any atom is -0.393 e. The zero-order valence-electron chi connectivity index (χ0n) is 7.82. The van der Waals surface area contributed by atoms with E-state index >= 15 is 0 Å². The molecular weight excluding hydrogens is 204 g/mol. The van der Waals surface area contributed by atoms with Gasteiger partial charge in [0.15, 0.2) is 6.10 Å². The topological polar surface area (TPSA) is 73.6 Å². The van der Waals surface area contributed by atoms with Crippen molar-refractivity contribution in [3.8, 4) is 0 Å². The maximum atomic E-state index is 11.4. The molecule has 0 aromatic heterocycles. The van der Waals surface area contributed by atoms with Crippen LogP contribution in [0.1, 0.15) is 6.42 Å². The van der Waals surface area contributed by atoms with Gasteiger partial charge in [-0.25, -0.2) is 0 Å². The van der Waals surface area contributed by atoms with Crippen LogP contribution in [0, 0.1) is 0 Å². The van der Waals surface area contributed by atoms with E-state index in [2.05, 4.69) is 17.5 Å². The molecule has 0 bridgehead atoms. The van der Waals surface area contributed by atoms with Crippen molar-refractivity contribution in [1.82, 2.24) is 5.32 Å². The Bertz CT molecular complexity index is 217. The van der Waals surface area contributed by atoms with Crippen LogP contribution in [0.5, 0.6) is 0 Å². The minimum atomic E-state index is -0.491. The van der Waals surface area contributed by atoms with Crippen molar-refractivity contribution in [2.24, 2.45) is 5.73 Å². The van der Waals surface area contributed by atoms with Crippen molar-refractivity contribution < 1.29 is 14.3 Å². The summed E-state index contributed by atoms with van der Waals surface area (Å²) in [7, 11) is 0. The molecule has 0 aromatic carbocycles. The van der Waals surface area contributed by atoms with Gasteiger partial charge < -0.3 is 20.5 Å². The highest BCUT2D eigenvalue weighted by Crippen LogP contribution is 2.00. The molecule has 0 saturated carbocycles. The first-order valence-electron chi connectivity index (χ1n) is 4.45. The Morgan fingerprint density at radius 1 is 1.57 bits per heavy atom. The fourth-order valence-electron chi connectivity index (χ4n) is 1.06. The summed E-state index contributed by atoms with van der Waals surface area (Å²) < 4.78 is 10.3. The molecule has 0 spiro atoms. The highest BCUT2D eigenvalue weighted by atomic mass is 32.1. The molecule has 1 heterocycles. The standard InChI is InChI=1S/C8H14N2O3S/c9-7(14)1-2-10-8(11)6-5-12-3-4-13-6/h6H,1-5H2,(H2,9,14)(H,10,11). The summed E-state index contributed by atoms with van der Waals surface area (Å²) in [5.74, 6) is -0.166. The molecule has 3 N–H and O–H groups in total. The fraction of sp³-hybridized carbons (Fsp3) is 0.750. The van der Waals surface area contributed by atoms with Gasteiger partial charge in [0.1, 0.15) is 0 Å². The monoisotopic (exact) mass is 218 g/mol. The number of carbonyl (C=O) groups is 1. The number of hydrogen-bond acceptors (Lipinski definition) is 4. The van der Waals surface area contributed by atoms with Crippen LogP contribution in [0.4, 0.5) is 0 Å². The summed E-state index contributed by atoms with van der Waals surface area (Å²) in [5.41, 5.74) is 5.28. The third-order valence-corrected chi connectivity index (χ3v) is 1.98. The average molecular weight is 218 g/mol. The predicted octanol–water partition coefficient (Wildman–Crippen LogP) is -0.806. The Balaban J connectivity index is 2.16. The van der Waals surface area contributed by atoms with Crippen molar-refractivity contribution in [2.45, 2.75) is 12.5 Å². The molecule has 14 heavy (non-hydrogen) atoms. The van der Waals surface area contributed by atoms with Crippen LogP contribution in [0.2, 0.25) is 0 Å². The van der Waals surface area contributed by atoms with Gasteiger partial charge in [-0.1, -0.05) is 12.2 Å². The van der Waals surface area contributed by atoms with Crippen molar-refractivity contribution in [2.75, 3.05) is 26.4 Å². The van der Waals surface area contributed by atoms with Gasteiger partial charge in [0, 0.05) is 13.0 Å². The number of amides is 1. The van der Waals surface area contributed by atoms with Gasteiger partial charge in [-0.2, -0.15) is 0 Å². The van der Waals surface area contributed by atoms with Crippen LogP contribution in [0.15, 0.2) is 0 Å². The van der Waals surface area contributed by atoms with E-state index in [1.54, 1.807) is 0 Å². The Labute approximate surface area is 87.9 Å². The van der Waals surface area contributed by atoms with E-state index in [0.717, 1.165) is 0 Å². The number of ether oxygens (including phenoxy) is 2. The summed E-state index contributed by atoms with van der Waals surface area (Å²) in [6.45, 7) is 1.79. The van der Waals surface area contributed by atoms with Crippen LogP contribution < -0.4 is 11.1 Å². The van der Waals surface area contributed by atoms with E-state index < -0.39 is 6.10 Å². The average Bonchev–Trinajstić information content (AvgIpc) is 2.18. The molecular formula is C8H14N2O3S. The third kappa shape index (κ3) is 3.99. The maximum Gasteiger partial charge on any atom is 0.251 e. The summed E-state index contributed by atoms with van der Waals surface area (Å²) in [6.07, 6.45) is 0.0179. The Kier molecular flexibility index (Phi) is 4.78. The number of carbonyl (C=O) groups excluding carboxylic acids is 1. The van der Waals surface area contributed by atoms with Gasteiger partial charge in [-0.05, 0) is 0 Å². The number of nitrogens with two attached hydrogens (primary N) is 1. The second-order valence-corrected chi connectivity index (χ2v) is 3.47. The number of nitrogens with one attached hydrogen (secondary N) is 1. The van der Waals surface area contributed by atoms with E-state index in [0.29, 0.717) is 37.8 Å². The normalized spacial score (nSPS) is 21.6. The molecule has 1 unspecified atom stereocenters. The van der Waals surface area contributed by atoms with Gasteiger partial charge in [-0.3, -0.25) is 4.79 Å². The maximum absolute atomic E-state index is 11.4. The molecule has 1 aliphatic heterocycles. The van der Waals surface area contributed by atoms with E-state index in [4.69, 9.17) is 15.2 Å². The van der Waals surface area contributed by atoms with E-state index in [1.807, 2.05) is 0 Å². The second-order valence-electron chi connectivity index (χ2n) is 2.94. The lowest BCUT2D eigenvalue weighted by atomic mass is 10.3. The quantitative estimate of drug-likeness (QED) is 0.604. The van der Waals surface area contributed by atoms with Gasteiger partial charge >= 0.3 is 0 Å². The van der Waals surface area contributed by atoms with Gasteiger partial charge in [0.05, 0.1) is 24.8 Å². The summed E-state index contributed by atoms with van der Waals surface area (Å²) in [6, 6.07) is 0. The third-order valence-electron chi connectivity index (χ3n) is 1.78. The second kappa shape index (κ2) is 5.90. The van der Waals surface area contributed by atoms with Crippen LogP contribution in [0.3, 0.4) is 0 Å². The zero-order chi connectivity index (χ0) is 10.4. The highest BCUT2D eigenvalue weighted by molar-refractivity contribution is 7.80. The van der Waals surface area contributed by atoms with Gasteiger partial charge in [0.25, 0.3) is 5.91 Å². The van der Waals surface area contributed by atoms with E-state index in [1.165, 1.54) is 0 Å². The molecule has 1 atom stereocenters. The molecule has 0 aromatic rings. The molecule has 1 aliphatic rings. The lowest BCUT2D eigenvalue weighted by molar-refractivity contribution is -0.147. The zero-order valence-corrected chi connectivity index (χ0v) is 8.64. The highest BCUT2D eigenvalue weighted by Gasteiger charge is 2.21. The van der Waals surface area contributed by atoms with Crippen LogP contribution in [-0.4, -0.2) is 43.4 Å². The number of rotatable bonds is 4. The lowest BCUT2D eigenvalue weighted by Crippen LogP contribution is -2.43. The van der Waals surface area contributed by atoms with Crippen molar-refractivity contribution >= 4 is 23.1 Å². The van der Waals surface area contributed by atoms with E-state index in [-0.39, 0.29) is 5.91 Å². The predicted molar refractivity (Wildman–Crippen MR) is 55.0 cm³/mol.